The van der Waals surface area contributed by atoms with E-state index in [2.05, 4.69) is 75.5 Å². The van der Waals surface area contributed by atoms with Gasteiger partial charge in [-0.3, -0.25) is 0 Å². The maximum absolute atomic E-state index is 3.71. The Kier molecular flexibility index (Phi) is 3.81. The number of nitrogens with zero attached hydrogens (tertiary/aromatic N) is 1. The van der Waals surface area contributed by atoms with Crippen molar-refractivity contribution in [2.75, 3.05) is 18.5 Å². The van der Waals surface area contributed by atoms with Crippen LogP contribution in [0, 0.1) is 0 Å². The molecule has 20 heavy (non-hydrogen) atoms. The standard InChI is InChI=1S/C17H19BrN2/c1-12(19-2)15-8-7-14(11-16(15)18)20-10-9-13-5-3-4-6-17(13)20/h3-8,11-12,19H,9-10H2,1-2H3. The highest BCUT2D eigenvalue weighted by atomic mass is 79.9. The van der Waals surface area contributed by atoms with E-state index in [9.17, 15) is 0 Å². The van der Waals surface area contributed by atoms with Crippen LogP contribution in [0.1, 0.15) is 24.1 Å². The molecule has 2 aromatic carbocycles. The molecule has 1 aliphatic rings. The lowest BCUT2D eigenvalue weighted by atomic mass is 10.1. The molecule has 0 radical (unpaired) electrons. The molecular formula is C17H19BrN2. The highest BCUT2D eigenvalue weighted by Crippen LogP contribution is 2.36. The molecule has 0 fully saturated rings. The number of nitrogens with one attached hydrogen (secondary N) is 1. The minimum Gasteiger partial charge on any atom is -0.341 e. The molecule has 0 spiro atoms. The second kappa shape index (κ2) is 5.58. The summed E-state index contributed by atoms with van der Waals surface area (Å²) in [7, 11) is 1.99. The van der Waals surface area contributed by atoms with E-state index in [4.69, 9.17) is 0 Å². The Balaban J connectivity index is 1.95. The first-order chi connectivity index (χ1) is 9.70. The Labute approximate surface area is 128 Å². The van der Waals surface area contributed by atoms with E-state index in [1.807, 2.05) is 7.05 Å². The molecule has 1 unspecified atom stereocenters. The van der Waals surface area contributed by atoms with Crippen LogP contribution in [0.2, 0.25) is 0 Å². The summed E-state index contributed by atoms with van der Waals surface area (Å²) in [6.45, 7) is 3.23. The van der Waals surface area contributed by atoms with Gasteiger partial charge >= 0.3 is 0 Å². The molecule has 104 valence electrons. The van der Waals surface area contributed by atoms with Gasteiger partial charge < -0.3 is 10.2 Å². The van der Waals surface area contributed by atoms with E-state index in [0.29, 0.717) is 6.04 Å². The Hall–Kier alpha value is -1.32. The summed E-state index contributed by atoms with van der Waals surface area (Å²) < 4.78 is 1.17. The molecule has 0 amide bonds. The Bertz CT molecular complexity index is 624. The first-order valence-electron chi connectivity index (χ1n) is 7.03. The molecule has 0 saturated heterocycles. The normalized spacial score (nSPS) is 15.2. The van der Waals surface area contributed by atoms with E-state index in [0.717, 1.165) is 13.0 Å². The SMILES string of the molecule is CNC(C)c1ccc(N2CCc3ccccc32)cc1Br. The fraction of sp³-hybridized carbons (Fsp3) is 0.294. The van der Waals surface area contributed by atoms with E-state index in [1.165, 1.54) is 27.0 Å². The van der Waals surface area contributed by atoms with Crippen molar-refractivity contribution in [3.05, 3.63) is 58.1 Å². The van der Waals surface area contributed by atoms with E-state index >= 15 is 0 Å². The van der Waals surface area contributed by atoms with Gasteiger partial charge in [-0.15, -0.1) is 0 Å². The van der Waals surface area contributed by atoms with Crippen molar-refractivity contribution in [1.29, 1.82) is 0 Å². The first-order valence-corrected chi connectivity index (χ1v) is 7.82. The Morgan fingerprint density at radius 3 is 2.75 bits per heavy atom. The third-order valence-electron chi connectivity index (χ3n) is 4.08. The molecule has 1 atom stereocenters. The van der Waals surface area contributed by atoms with Crippen LogP contribution >= 0.6 is 15.9 Å². The molecule has 1 aliphatic heterocycles. The van der Waals surface area contributed by atoms with Gasteiger partial charge in [-0.2, -0.15) is 0 Å². The summed E-state index contributed by atoms with van der Waals surface area (Å²) >= 11 is 3.71. The third-order valence-corrected chi connectivity index (χ3v) is 4.77. The second-order valence-electron chi connectivity index (χ2n) is 5.25. The van der Waals surface area contributed by atoms with Gasteiger partial charge in [-0.1, -0.05) is 40.2 Å². The van der Waals surface area contributed by atoms with Crippen molar-refractivity contribution in [3.63, 3.8) is 0 Å². The first kappa shape index (κ1) is 13.7. The predicted octanol–water partition coefficient (Wildman–Crippen LogP) is 4.42. The number of anilines is 2. The van der Waals surface area contributed by atoms with E-state index < -0.39 is 0 Å². The quantitative estimate of drug-likeness (QED) is 0.895. The van der Waals surface area contributed by atoms with Gasteiger partial charge in [-0.05, 0) is 49.7 Å². The fourth-order valence-corrected chi connectivity index (χ4v) is 3.51. The van der Waals surface area contributed by atoms with Gasteiger partial charge in [0, 0.05) is 28.4 Å². The molecule has 2 nitrogen and oxygen atoms in total. The molecular weight excluding hydrogens is 312 g/mol. The van der Waals surface area contributed by atoms with Crippen LogP contribution < -0.4 is 10.2 Å². The molecule has 3 rings (SSSR count). The Morgan fingerprint density at radius 1 is 1.20 bits per heavy atom. The van der Waals surface area contributed by atoms with Gasteiger partial charge in [-0.25, -0.2) is 0 Å². The zero-order valence-corrected chi connectivity index (χ0v) is 13.4. The summed E-state index contributed by atoms with van der Waals surface area (Å²) in [5.74, 6) is 0. The molecule has 0 aromatic heterocycles. The summed E-state index contributed by atoms with van der Waals surface area (Å²) in [5, 5.41) is 3.28. The van der Waals surface area contributed by atoms with Crippen molar-refractivity contribution >= 4 is 27.3 Å². The Morgan fingerprint density at radius 2 is 2.00 bits per heavy atom. The lowest BCUT2D eigenvalue weighted by Crippen LogP contribution is -2.15. The van der Waals surface area contributed by atoms with Gasteiger partial charge in [0.05, 0.1) is 0 Å². The van der Waals surface area contributed by atoms with E-state index in [1.54, 1.807) is 0 Å². The van der Waals surface area contributed by atoms with Gasteiger partial charge in [0.1, 0.15) is 0 Å². The minimum atomic E-state index is 0.351. The molecule has 1 N–H and O–H groups in total. The number of para-hydroxylation sites is 1. The van der Waals surface area contributed by atoms with Crippen LogP contribution in [-0.2, 0) is 6.42 Å². The highest BCUT2D eigenvalue weighted by molar-refractivity contribution is 9.10. The van der Waals surface area contributed by atoms with Crippen LogP contribution in [0.15, 0.2) is 46.9 Å². The summed E-state index contributed by atoms with van der Waals surface area (Å²) in [6, 6.07) is 15.7. The number of hydrogen-bond donors (Lipinski definition) is 1. The number of fused-ring (bicyclic) bond motifs is 1. The summed E-state index contributed by atoms with van der Waals surface area (Å²) in [6.07, 6.45) is 1.13. The van der Waals surface area contributed by atoms with E-state index in [-0.39, 0.29) is 0 Å². The highest BCUT2D eigenvalue weighted by Gasteiger charge is 2.20. The lowest BCUT2D eigenvalue weighted by Gasteiger charge is -2.21. The molecule has 0 bridgehead atoms. The zero-order valence-electron chi connectivity index (χ0n) is 11.9. The largest absolute Gasteiger partial charge is 0.341 e. The summed E-state index contributed by atoms with van der Waals surface area (Å²) in [5.41, 5.74) is 5.34. The number of benzene rings is 2. The number of hydrogen-bond acceptors (Lipinski definition) is 2. The summed E-state index contributed by atoms with van der Waals surface area (Å²) in [4.78, 5) is 2.40. The van der Waals surface area contributed by atoms with Crippen molar-refractivity contribution in [1.82, 2.24) is 5.32 Å². The van der Waals surface area contributed by atoms with Crippen molar-refractivity contribution < 1.29 is 0 Å². The van der Waals surface area contributed by atoms with Crippen LogP contribution in [0.4, 0.5) is 11.4 Å². The average Bonchev–Trinajstić information content (AvgIpc) is 2.90. The van der Waals surface area contributed by atoms with Crippen molar-refractivity contribution in [2.45, 2.75) is 19.4 Å². The van der Waals surface area contributed by atoms with Crippen LogP contribution in [-0.4, -0.2) is 13.6 Å². The molecule has 0 aliphatic carbocycles. The maximum Gasteiger partial charge on any atom is 0.0444 e. The smallest absolute Gasteiger partial charge is 0.0444 e. The van der Waals surface area contributed by atoms with Crippen LogP contribution in [0.25, 0.3) is 0 Å². The van der Waals surface area contributed by atoms with Crippen LogP contribution in [0.3, 0.4) is 0 Å². The maximum atomic E-state index is 3.71. The van der Waals surface area contributed by atoms with Gasteiger partial charge in [0.15, 0.2) is 0 Å². The van der Waals surface area contributed by atoms with Crippen molar-refractivity contribution in [3.8, 4) is 0 Å². The third kappa shape index (κ3) is 2.36. The van der Waals surface area contributed by atoms with Crippen LogP contribution in [0.5, 0.6) is 0 Å². The van der Waals surface area contributed by atoms with Gasteiger partial charge in [0.2, 0.25) is 0 Å². The number of halogens is 1. The molecule has 0 saturated carbocycles. The zero-order chi connectivity index (χ0) is 14.1. The monoisotopic (exact) mass is 330 g/mol. The molecule has 3 heteroatoms. The molecule has 1 heterocycles. The average molecular weight is 331 g/mol. The topological polar surface area (TPSA) is 15.3 Å². The lowest BCUT2D eigenvalue weighted by molar-refractivity contribution is 0.649. The molecule has 2 aromatic rings. The minimum absolute atomic E-state index is 0.351. The van der Waals surface area contributed by atoms with Gasteiger partial charge in [0.25, 0.3) is 0 Å². The second-order valence-corrected chi connectivity index (χ2v) is 6.10. The number of rotatable bonds is 3. The van der Waals surface area contributed by atoms with Crippen molar-refractivity contribution in [2.24, 2.45) is 0 Å². The fourth-order valence-electron chi connectivity index (χ4n) is 2.80. The predicted molar refractivity (Wildman–Crippen MR) is 88.8 cm³/mol.